The maximum absolute atomic E-state index is 11.6. The lowest BCUT2D eigenvalue weighted by molar-refractivity contribution is -0.143. The van der Waals surface area contributed by atoms with Gasteiger partial charge in [-0.05, 0) is 19.1 Å². The molecule has 0 heterocycles. The molecule has 0 spiro atoms. The van der Waals surface area contributed by atoms with E-state index in [0.29, 0.717) is 0 Å². The lowest BCUT2D eigenvalue weighted by Crippen LogP contribution is -2.17. The molecule has 0 fully saturated rings. The highest BCUT2D eigenvalue weighted by molar-refractivity contribution is 6.38. The molecule has 0 N–H and O–H groups in total. The lowest BCUT2D eigenvalue weighted by atomic mass is 10.2. The van der Waals surface area contributed by atoms with Crippen molar-refractivity contribution < 1.29 is 19.1 Å². The molecule has 0 aromatic heterocycles. The first-order valence-corrected chi connectivity index (χ1v) is 6.88. The molecule has 1 aromatic rings. The molecular formula is C14H12Cl2N2O4. The van der Waals surface area contributed by atoms with E-state index >= 15 is 0 Å². The van der Waals surface area contributed by atoms with Crippen molar-refractivity contribution in [3.05, 3.63) is 27.7 Å². The van der Waals surface area contributed by atoms with Crippen LogP contribution < -0.4 is 0 Å². The van der Waals surface area contributed by atoms with Crippen molar-refractivity contribution in [1.82, 2.24) is 0 Å². The van der Waals surface area contributed by atoms with Crippen LogP contribution in [0.1, 0.15) is 17.3 Å². The van der Waals surface area contributed by atoms with Crippen LogP contribution >= 0.6 is 23.2 Å². The van der Waals surface area contributed by atoms with Gasteiger partial charge in [-0.1, -0.05) is 23.2 Å². The molecule has 0 aliphatic carbocycles. The Morgan fingerprint density at radius 1 is 1.45 bits per heavy atom. The number of benzene rings is 1. The van der Waals surface area contributed by atoms with E-state index in [1.165, 1.54) is 19.2 Å². The minimum absolute atomic E-state index is 0.00745. The molecule has 0 saturated carbocycles. The molecule has 8 heteroatoms. The lowest BCUT2D eigenvalue weighted by Gasteiger charge is -2.07. The summed E-state index contributed by atoms with van der Waals surface area (Å²) in [5, 5.41) is 9.15. The van der Waals surface area contributed by atoms with Crippen LogP contribution in [0.2, 0.25) is 10.0 Å². The summed E-state index contributed by atoms with van der Waals surface area (Å²) in [6, 6.07) is 4.48. The number of nitrogens with zero attached hydrogens (tertiary/aromatic N) is 2. The average Bonchev–Trinajstić information content (AvgIpc) is 2.50. The summed E-state index contributed by atoms with van der Waals surface area (Å²) < 4.78 is 9.31. The Labute approximate surface area is 137 Å². The van der Waals surface area contributed by atoms with Gasteiger partial charge in [-0.2, -0.15) is 5.26 Å². The van der Waals surface area contributed by atoms with Gasteiger partial charge in [-0.25, -0.2) is 4.79 Å². The molecule has 0 saturated heterocycles. The third kappa shape index (κ3) is 4.45. The number of aliphatic imine (C=N–C) groups is 1. The molecule has 22 heavy (non-hydrogen) atoms. The second-order valence-corrected chi connectivity index (χ2v) is 4.73. The van der Waals surface area contributed by atoms with Crippen LogP contribution in [-0.4, -0.2) is 31.9 Å². The van der Waals surface area contributed by atoms with Crippen LogP contribution in [0, 0.1) is 17.2 Å². The van der Waals surface area contributed by atoms with Crippen LogP contribution in [0.4, 0.5) is 5.69 Å². The number of hydrogen-bond acceptors (Lipinski definition) is 6. The van der Waals surface area contributed by atoms with Crippen LogP contribution in [0.5, 0.6) is 0 Å². The van der Waals surface area contributed by atoms with Crippen LogP contribution in [-0.2, 0) is 14.3 Å². The Balaban J connectivity index is 3.15. The third-order valence-electron chi connectivity index (χ3n) is 2.47. The first-order valence-electron chi connectivity index (χ1n) is 6.12. The summed E-state index contributed by atoms with van der Waals surface area (Å²) >= 11 is 11.9. The van der Waals surface area contributed by atoms with Crippen molar-refractivity contribution in [2.24, 2.45) is 10.9 Å². The average molecular weight is 343 g/mol. The molecule has 0 aliphatic heterocycles. The number of hydrogen-bond donors (Lipinski definition) is 0. The highest BCUT2D eigenvalue weighted by Crippen LogP contribution is 2.32. The molecule has 0 amide bonds. The fourth-order valence-corrected chi connectivity index (χ4v) is 1.91. The SMILES string of the molecule is CCOC(=O)C(C#N)C=Nc1cc(Cl)cc(C(=O)OC)c1Cl. The van der Waals surface area contributed by atoms with E-state index in [-0.39, 0.29) is 27.9 Å². The molecule has 1 aromatic carbocycles. The van der Waals surface area contributed by atoms with Gasteiger partial charge in [-0.3, -0.25) is 9.79 Å². The van der Waals surface area contributed by atoms with E-state index < -0.39 is 17.9 Å². The molecule has 0 radical (unpaired) electrons. The maximum atomic E-state index is 11.6. The second kappa shape index (κ2) is 8.37. The smallest absolute Gasteiger partial charge is 0.339 e. The van der Waals surface area contributed by atoms with Gasteiger partial charge in [0.25, 0.3) is 0 Å². The van der Waals surface area contributed by atoms with Gasteiger partial charge in [0.05, 0.1) is 36.1 Å². The molecule has 0 aliphatic rings. The van der Waals surface area contributed by atoms with E-state index in [0.717, 1.165) is 6.21 Å². The van der Waals surface area contributed by atoms with Crippen molar-refractivity contribution in [2.45, 2.75) is 6.92 Å². The number of halogens is 2. The van der Waals surface area contributed by atoms with Gasteiger partial charge < -0.3 is 9.47 Å². The van der Waals surface area contributed by atoms with E-state index in [9.17, 15) is 9.59 Å². The second-order valence-electron chi connectivity index (χ2n) is 3.92. The zero-order valence-electron chi connectivity index (χ0n) is 11.8. The standard InChI is InChI=1S/C14H12Cl2N2O4/c1-3-22-13(19)8(6-17)7-18-11-5-9(15)4-10(12(11)16)14(20)21-2/h4-5,7-8H,3H2,1-2H3. The van der Waals surface area contributed by atoms with Gasteiger partial charge in [0.15, 0.2) is 5.92 Å². The van der Waals surface area contributed by atoms with Gasteiger partial charge in [-0.15, -0.1) is 0 Å². The molecule has 0 bridgehead atoms. The fraction of sp³-hybridized carbons (Fsp3) is 0.286. The molecular weight excluding hydrogens is 331 g/mol. The van der Waals surface area contributed by atoms with Crippen LogP contribution in [0.3, 0.4) is 0 Å². The van der Waals surface area contributed by atoms with Gasteiger partial charge >= 0.3 is 11.9 Å². The summed E-state index contributed by atoms with van der Waals surface area (Å²) in [7, 11) is 1.20. The van der Waals surface area contributed by atoms with E-state index in [1.807, 2.05) is 0 Å². The Morgan fingerprint density at radius 3 is 2.68 bits per heavy atom. The Bertz CT molecular complexity index is 653. The minimum Gasteiger partial charge on any atom is -0.465 e. The number of methoxy groups -OCH3 is 1. The molecule has 116 valence electrons. The number of carbonyl (C=O) groups excluding carboxylic acids is 2. The summed E-state index contributed by atoms with van der Waals surface area (Å²) in [6.07, 6.45) is 1.08. The van der Waals surface area contributed by atoms with Gasteiger partial charge in [0.2, 0.25) is 0 Å². The Morgan fingerprint density at radius 2 is 2.14 bits per heavy atom. The summed E-state index contributed by atoms with van der Waals surface area (Å²) in [6.45, 7) is 1.77. The predicted octanol–water partition coefficient (Wildman–Crippen LogP) is 3.19. The molecule has 1 rings (SSSR count). The monoisotopic (exact) mass is 342 g/mol. The van der Waals surface area contributed by atoms with Gasteiger partial charge in [0.1, 0.15) is 0 Å². The number of ether oxygens (including phenoxy) is 2. The number of nitriles is 1. The molecule has 1 atom stereocenters. The number of rotatable bonds is 5. The van der Waals surface area contributed by atoms with Crippen molar-refractivity contribution in [3.63, 3.8) is 0 Å². The summed E-state index contributed by atoms with van der Waals surface area (Å²) in [5.74, 6) is -2.58. The largest absolute Gasteiger partial charge is 0.465 e. The highest BCUT2D eigenvalue weighted by atomic mass is 35.5. The van der Waals surface area contributed by atoms with Gasteiger partial charge in [0, 0.05) is 11.2 Å². The van der Waals surface area contributed by atoms with Crippen LogP contribution in [0.25, 0.3) is 0 Å². The van der Waals surface area contributed by atoms with E-state index in [4.69, 9.17) is 33.2 Å². The highest BCUT2D eigenvalue weighted by Gasteiger charge is 2.18. The Hall–Kier alpha value is -2.10. The van der Waals surface area contributed by atoms with E-state index in [1.54, 1.807) is 13.0 Å². The minimum atomic E-state index is -1.18. The molecule has 6 nitrogen and oxygen atoms in total. The van der Waals surface area contributed by atoms with Crippen molar-refractivity contribution in [3.8, 4) is 6.07 Å². The van der Waals surface area contributed by atoms with Crippen molar-refractivity contribution >= 4 is 47.0 Å². The fourth-order valence-electron chi connectivity index (χ4n) is 1.46. The zero-order chi connectivity index (χ0) is 16.7. The molecule has 1 unspecified atom stereocenters. The first-order chi connectivity index (χ1) is 10.4. The van der Waals surface area contributed by atoms with E-state index in [2.05, 4.69) is 9.73 Å². The van der Waals surface area contributed by atoms with Crippen molar-refractivity contribution in [2.75, 3.05) is 13.7 Å². The Kier molecular flexibility index (Phi) is 6.83. The number of carbonyl (C=O) groups is 2. The normalized spacial score (nSPS) is 11.8. The maximum Gasteiger partial charge on any atom is 0.339 e. The topological polar surface area (TPSA) is 88.8 Å². The zero-order valence-corrected chi connectivity index (χ0v) is 13.3. The van der Waals surface area contributed by atoms with Crippen LogP contribution in [0.15, 0.2) is 17.1 Å². The predicted molar refractivity (Wildman–Crippen MR) is 81.7 cm³/mol. The third-order valence-corrected chi connectivity index (χ3v) is 3.08. The first kappa shape index (κ1) is 18.0. The summed E-state index contributed by atoms with van der Waals surface area (Å²) in [5.41, 5.74) is 0.174. The summed E-state index contributed by atoms with van der Waals surface area (Å²) in [4.78, 5) is 27.0. The van der Waals surface area contributed by atoms with Crippen molar-refractivity contribution in [1.29, 1.82) is 5.26 Å². The number of esters is 2. The quantitative estimate of drug-likeness (QED) is 0.605.